The molecule has 2 aromatic rings. The van der Waals surface area contributed by atoms with Gasteiger partial charge in [0.1, 0.15) is 0 Å². The number of carbonyl (C=O) groups excluding carboxylic acids is 1. The number of rotatable bonds is 3. The standard InChI is InChI=1S/C17H16N2OS/c1-21-16-10-3-2-9-15(16)19-17(20)14-8-4-6-13(12-14)7-5-11-18/h2-4,6,8-10,12H,11,18H2,1H3,(H,19,20). The first kappa shape index (κ1) is 15.2. The first-order valence-corrected chi connectivity index (χ1v) is 7.70. The molecule has 1 amide bonds. The van der Waals surface area contributed by atoms with Crippen LogP contribution in [0.25, 0.3) is 0 Å². The number of benzene rings is 2. The van der Waals surface area contributed by atoms with Crippen LogP contribution in [0.4, 0.5) is 5.69 Å². The number of amides is 1. The Hall–Kier alpha value is -2.22. The lowest BCUT2D eigenvalue weighted by atomic mass is 10.1. The van der Waals surface area contributed by atoms with E-state index in [1.807, 2.05) is 42.7 Å². The molecule has 4 heteroatoms. The maximum Gasteiger partial charge on any atom is 0.255 e. The molecular formula is C17H16N2OS. The lowest BCUT2D eigenvalue weighted by Gasteiger charge is -2.09. The highest BCUT2D eigenvalue weighted by Crippen LogP contribution is 2.25. The van der Waals surface area contributed by atoms with E-state index in [1.54, 1.807) is 23.9 Å². The fraction of sp³-hybridized carbons (Fsp3) is 0.118. The number of carbonyl (C=O) groups is 1. The lowest BCUT2D eigenvalue weighted by molar-refractivity contribution is 0.102. The zero-order valence-electron chi connectivity index (χ0n) is 11.7. The Kier molecular flexibility index (Phi) is 5.44. The predicted molar refractivity (Wildman–Crippen MR) is 88.6 cm³/mol. The van der Waals surface area contributed by atoms with Gasteiger partial charge in [-0.05, 0) is 36.6 Å². The number of hydrogen-bond acceptors (Lipinski definition) is 3. The summed E-state index contributed by atoms with van der Waals surface area (Å²) in [6, 6.07) is 14.9. The van der Waals surface area contributed by atoms with Gasteiger partial charge in [0.15, 0.2) is 0 Å². The van der Waals surface area contributed by atoms with Gasteiger partial charge >= 0.3 is 0 Å². The Morgan fingerprint density at radius 1 is 1.24 bits per heavy atom. The largest absolute Gasteiger partial charge is 0.321 e. The fourth-order valence-electron chi connectivity index (χ4n) is 1.83. The van der Waals surface area contributed by atoms with Crippen molar-refractivity contribution >= 4 is 23.4 Å². The zero-order valence-corrected chi connectivity index (χ0v) is 12.5. The summed E-state index contributed by atoms with van der Waals surface area (Å²) >= 11 is 1.60. The maximum atomic E-state index is 12.3. The summed E-state index contributed by atoms with van der Waals surface area (Å²) in [7, 11) is 0. The molecule has 0 saturated carbocycles. The highest BCUT2D eigenvalue weighted by atomic mass is 32.2. The van der Waals surface area contributed by atoms with Crippen molar-refractivity contribution in [2.45, 2.75) is 4.90 Å². The van der Waals surface area contributed by atoms with Gasteiger partial charge in [-0.2, -0.15) is 0 Å². The van der Waals surface area contributed by atoms with Crippen molar-refractivity contribution in [3.8, 4) is 11.8 Å². The van der Waals surface area contributed by atoms with Gasteiger partial charge in [0, 0.05) is 16.0 Å². The Bertz CT molecular complexity index is 701. The summed E-state index contributed by atoms with van der Waals surface area (Å²) in [5.74, 6) is 5.56. The van der Waals surface area contributed by atoms with Crippen molar-refractivity contribution in [1.29, 1.82) is 0 Å². The molecule has 0 aliphatic carbocycles. The molecule has 21 heavy (non-hydrogen) atoms. The lowest BCUT2D eigenvalue weighted by Crippen LogP contribution is -2.12. The minimum absolute atomic E-state index is 0.145. The highest BCUT2D eigenvalue weighted by molar-refractivity contribution is 7.98. The molecule has 3 nitrogen and oxygen atoms in total. The third-order valence-electron chi connectivity index (χ3n) is 2.81. The molecule has 0 fully saturated rings. The normalized spacial score (nSPS) is 9.62. The van der Waals surface area contributed by atoms with Gasteiger partial charge in [-0.3, -0.25) is 4.79 Å². The molecule has 2 aromatic carbocycles. The van der Waals surface area contributed by atoms with Gasteiger partial charge in [-0.25, -0.2) is 0 Å². The molecule has 106 valence electrons. The van der Waals surface area contributed by atoms with Gasteiger partial charge in [-0.15, -0.1) is 11.8 Å². The van der Waals surface area contributed by atoms with E-state index in [-0.39, 0.29) is 5.91 Å². The number of anilines is 1. The predicted octanol–water partition coefficient (Wildman–Crippen LogP) is 2.97. The molecule has 0 aromatic heterocycles. The van der Waals surface area contributed by atoms with E-state index < -0.39 is 0 Å². The molecule has 0 atom stereocenters. The summed E-state index contributed by atoms with van der Waals surface area (Å²) in [6.07, 6.45) is 1.98. The average molecular weight is 296 g/mol. The van der Waals surface area contributed by atoms with Gasteiger partial charge in [0.25, 0.3) is 5.91 Å². The molecule has 0 radical (unpaired) electrons. The van der Waals surface area contributed by atoms with Crippen LogP contribution < -0.4 is 11.1 Å². The SMILES string of the molecule is CSc1ccccc1NC(=O)c1cccc(C#CCN)c1. The summed E-state index contributed by atoms with van der Waals surface area (Å²) in [6.45, 7) is 0.303. The fourth-order valence-corrected chi connectivity index (χ4v) is 2.39. The second-order valence-electron chi connectivity index (χ2n) is 4.24. The zero-order chi connectivity index (χ0) is 15.1. The molecular weight excluding hydrogens is 280 g/mol. The maximum absolute atomic E-state index is 12.3. The number of hydrogen-bond donors (Lipinski definition) is 2. The molecule has 2 rings (SSSR count). The minimum Gasteiger partial charge on any atom is -0.321 e. The van der Waals surface area contributed by atoms with Crippen LogP contribution in [0.3, 0.4) is 0 Å². The number of para-hydroxylation sites is 1. The second-order valence-corrected chi connectivity index (χ2v) is 5.09. The van der Waals surface area contributed by atoms with Crippen LogP contribution in [0, 0.1) is 11.8 Å². The number of nitrogens with one attached hydrogen (secondary N) is 1. The van der Waals surface area contributed by atoms with Crippen LogP contribution in [0.1, 0.15) is 15.9 Å². The van der Waals surface area contributed by atoms with E-state index in [0.29, 0.717) is 12.1 Å². The average Bonchev–Trinajstić information content (AvgIpc) is 2.53. The quantitative estimate of drug-likeness (QED) is 0.676. The van der Waals surface area contributed by atoms with Crippen molar-refractivity contribution in [1.82, 2.24) is 0 Å². The summed E-state index contributed by atoms with van der Waals surface area (Å²) < 4.78 is 0. The van der Waals surface area contributed by atoms with Gasteiger partial charge in [0.05, 0.1) is 12.2 Å². The summed E-state index contributed by atoms with van der Waals surface area (Å²) in [5, 5.41) is 2.93. The molecule has 0 bridgehead atoms. The minimum atomic E-state index is -0.145. The van der Waals surface area contributed by atoms with Crippen molar-refractivity contribution in [3.05, 3.63) is 59.7 Å². The Labute approximate surface area is 128 Å². The van der Waals surface area contributed by atoms with Crippen molar-refractivity contribution in [3.63, 3.8) is 0 Å². The van der Waals surface area contributed by atoms with Crippen LogP contribution in [0.15, 0.2) is 53.4 Å². The molecule has 0 heterocycles. The van der Waals surface area contributed by atoms with Crippen LogP contribution >= 0.6 is 11.8 Å². The van der Waals surface area contributed by atoms with E-state index in [2.05, 4.69) is 17.2 Å². The first-order valence-electron chi connectivity index (χ1n) is 6.48. The van der Waals surface area contributed by atoms with Gasteiger partial charge in [0.2, 0.25) is 0 Å². The molecule has 0 saturated heterocycles. The van der Waals surface area contributed by atoms with Gasteiger partial charge < -0.3 is 11.1 Å². The van der Waals surface area contributed by atoms with E-state index >= 15 is 0 Å². The van der Waals surface area contributed by atoms with Crippen molar-refractivity contribution in [2.75, 3.05) is 18.1 Å². The van der Waals surface area contributed by atoms with Crippen molar-refractivity contribution < 1.29 is 4.79 Å². The Morgan fingerprint density at radius 2 is 2.05 bits per heavy atom. The molecule has 0 aliphatic heterocycles. The Morgan fingerprint density at radius 3 is 2.81 bits per heavy atom. The van der Waals surface area contributed by atoms with Crippen LogP contribution in [0.2, 0.25) is 0 Å². The Balaban J connectivity index is 2.20. The number of nitrogens with two attached hydrogens (primary N) is 1. The summed E-state index contributed by atoms with van der Waals surface area (Å²) in [4.78, 5) is 13.3. The van der Waals surface area contributed by atoms with E-state index in [4.69, 9.17) is 5.73 Å². The highest BCUT2D eigenvalue weighted by Gasteiger charge is 2.08. The molecule has 0 aliphatic rings. The van der Waals surface area contributed by atoms with Crippen molar-refractivity contribution in [2.24, 2.45) is 5.73 Å². The van der Waals surface area contributed by atoms with E-state index in [0.717, 1.165) is 16.1 Å². The van der Waals surface area contributed by atoms with Crippen LogP contribution in [-0.2, 0) is 0 Å². The van der Waals surface area contributed by atoms with E-state index in [1.165, 1.54) is 0 Å². The smallest absolute Gasteiger partial charge is 0.255 e. The first-order chi connectivity index (χ1) is 10.2. The van der Waals surface area contributed by atoms with Crippen LogP contribution in [-0.4, -0.2) is 18.7 Å². The molecule has 3 N–H and O–H groups in total. The monoisotopic (exact) mass is 296 g/mol. The second kappa shape index (κ2) is 7.53. The van der Waals surface area contributed by atoms with Gasteiger partial charge in [-0.1, -0.05) is 30.0 Å². The third kappa shape index (κ3) is 4.12. The van der Waals surface area contributed by atoms with E-state index in [9.17, 15) is 4.79 Å². The summed E-state index contributed by atoms with van der Waals surface area (Å²) in [5.41, 5.74) is 7.53. The third-order valence-corrected chi connectivity index (χ3v) is 3.61. The molecule has 0 spiro atoms. The topological polar surface area (TPSA) is 55.1 Å². The number of thioether (sulfide) groups is 1. The van der Waals surface area contributed by atoms with Crippen LogP contribution in [0.5, 0.6) is 0 Å². The molecule has 0 unspecified atom stereocenters.